The number of benzene rings is 1. The van der Waals surface area contributed by atoms with Gasteiger partial charge in [-0.05, 0) is 26.8 Å². The molecule has 0 aliphatic rings. The van der Waals surface area contributed by atoms with Crippen LogP contribution in [-0.4, -0.2) is 26.0 Å². The van der Waals surface area contributed by atoms with Crippen molar-refractivity contribution in [2.24, 2.45) is 0 Å². The fourth-order valence-electron chi connectivity index (χ4n) is 1.72. The van der Waals surface area contributed by atoms with Gasteiger partial charge in [0, 0.05) is 24.4 Å². The van der Waals surface area contributed by atoms with Crippen molar-refractivity contribution >= 4 is 28.9 Å². The Kier molecular flexibility index (Phi) is 3.75. The van der Waals surface area contributed by atoms with Crippen molar-refractivity contribution in [3.05, 3.63) is 40.7 Å². The highest BCUT2D eigenvalue weighted by Crippen LogP contribution is 2.20. The Morgan fingerprint density at radius 3 is 2.76 bits per heavy atom. The monoisotopic (exact) mass is 289 g/mol. The summed E-state index contributed by atoms with van der Waals surface area (Å²) in [4.78, 5) is 26.0. The van der Waals surface area contributed by atoms with Crippen molar-refractivity contribution in [3.63, 3.8) is 0 Å². The molecule has 7 heteroatoms. The Morgan fingerprint density at radius 1 is 1.43 bits per heavy atom. The van der Waals surface area contributed by atoms with Crippen LogP contribution in [0, 0.1) is 10.1 Å². The molecule has 0 atom stereocenters. The van der Waals surface area contributed by atoms with Crippen LogP contribution in [0.1, 0.15) is 20.8 Å². The van der Waals surface area contributed by atoms with Gasteiger partial charge in [-0.2, -0.15) is 0 Å². The number of ether oxygens (including phenoxy) is 1. The number of hydrogen-bond donors (Lipinski definition) is 0. The number of nitro benzene ring substituents is 1. The highest BCUT2D eigenvalue weighted by atomic mass is 16.6. The van der Waals surface area contributed by atoms with E-state index in [0.717, 1.165) is 0 Å². The Morgan fingerprint density at radius 2 is 2.14 bits per heavy atom. The molecular formula is C14H15N3O4. The molecule has 1 aromatic heterocycles. The SMILES string of the molecule is CC(C)(C)OC(=O)/C=C/n1cnc2ccc([N+](=O)[O-])cc21. The number of rotatable bonds is 3. The van der Waals surface area contributed by atoms with Crippen molar-refractivity contribution in [1.82, 2.24) is 9.55 Å². The van der Waals surface area contributed by atoms with E-state index >= 15 is 0 Å². The van der Waals surface area contributed by atoms with Crippen LogP contribution in [0.4, 0.5) is 5.69 Å². The minimum absolute atomic E-state index is 0.0325. The van der Waals surface area contributed by atoms with Crippen LogP contribution in [0.5, 0.6) is 0 Å². The van der Waals surface area contributed by atoms with Gasteiger partial charge in [-0.25, -0.2) is 9.78 Å². The van der Waals surface area contributed by atoms with Crippen LogP contribution in [0.15, 0.2) is 30.6 Å². The third-order valence-corrected chi connectivity index (χ3v) is 2.55. The summed E-state index contributed by atoms with van der Waals surface area (Å²) in [6.07, 6.45) is 4.20. The summed E-state index contributed by atoms with van der Waals surface area (Å²) in [7, 11) is 0. The third kappa shape index (κ3) is 3.65. The number of carbonyl (C=O) groups excluding carboxylic acids is 1. The second-order valence-electron chi connectivity index (χ2n) is 5.43. The molecule has 21 heavy (non-hydrogen) atoms. The number of hydrogen-bond acceptors (Lipinski definition) is 5. The van der Waals surface area contributed by atoms with Crippen molar-refractivity contribution in [1.29, 1.82) is 0 Å². The van der Waals surface area contributed by atoms with Crippen LogP contribution in [0.25, 0.3) is 17.2 Å². The van der Waals surface area contributed by atoms with Crippen molar-refractivity contribution in [2.75, 3.05) is 0 Å². The quantitative estimate of drug-likeness (QED) is 0.375. The van der Waals surface area contributed by atoms with Crippen LogP contribution in [0.2, 0.25) is 0 Å². The molecule has 0 saturated heterocycles. The summed E-state index contributed by atoms with van der Waals surface area (Å²) in [5, 5.41) is 10.8. The molecule has 0 aliphatic carbocycles. The van der Waals surface area contributed by atoms with Gasteiger partial charge in [-0.15, -0.1) is 0 Å². The van der Waals surface area contributed by atoms with E-state index < -0.39 is 16.5 Å². The van der Waals surface area contributed by atoms with Gasteiger partial charge < -0.3 is 9.30 Å². The van der Waals surface area contributed by atoms with E-state index in [1.165, 1.54) is 35.3 Å². The highest BCUT2D eigenvalue weighted by Gasteiger charge is 2.14. The van der Waals surface area contributed by atoms with Crippen LogP contribution in [-0.2, 0) is 9.53 Å². The predicted molar refractivity (Wildman–Crippen MR) is 77.6 cm³/mol. The molecule has 0 N–H and O–H groups in total. The maximum Gasteiger partial charge on any atom is 0.332 e. The molecule has 7 nitrogen and oxygen atoms in total. The Labute approximate surface area is 121 Å². The lowest BCUT2D eigenvalue weighted by Gasteiger charge is -2.17. The number of imidazole rings is 1. The minimum atomic E-state index is -0.572. The number of non-ortho nitro benzene ring substituents is 1. The summed E-state index contributed by atoms with van der Waals surface area (Å²) in [6.45, 7) is 5.32. The van der Waals surface area contributed by atoms with E-state index in [1.54, 1.807) is 26.8 Å². The van der Waals surface area contributed by atoms with Gasteiger partial charge in [0.2, 0.25) is 0 Å². The molecule has 2 rings (SSSR count). The average molecular weight is 289 g/mol. The van der Waals surface area contributed by atoms with E-state index in [-0.39, 0.29) is 5.69 Å². The molecular weight excluding hydrogens is 274 g/mol. The zero-order valence-corrected chi connectivity index (χ0v) is 11.9. The number of aromatic nitrogens is 2. The van der Waals surface area contributed by atoms with Crippen LogP contribution >= 0.6 is 0 Å². The number of nitrogens with zero attached hydrogens (tertiary/aromatic N) is 3. The molecule has 0 aliphatic heterocycles. The van der Waals surface area contributed by atoms with Crippen LogP contribution < -0.4 is 0 Å². The van der Waals surface area contributed by atoms with Gasteiger partial charge in [0.15, 0.2) is 0 Å². The Hall–Kier alpha value is -2.70. The van der Waals surface area contributed by atoms with Crippen LogP contribution in [0.3, 0.4) is 0 Å². The van der Waals surface area contributed by atoms with E-state index in [2.05, 4.69) is 4.98 Å². The molecule has 0 amide bonds. The summed E-state index contributed by atoms with van der Waals surface area (Å²) in [5.74, 6) is -0.491. The zero-order valence-electron chi connectivity index (χ0n) is 11.9. The first-order valence-corrected chi connectivity index (χ1v) is 6.28. The maximum absolute atomic E-state index is 11.6. The molecule has 0 saturated carbocycles. The molecule has 0 radical (unpaired) electrons. The van der Waals surface area contributed by atoms with Gasteiger partial charge in [-0.1, -0.05) is 0 Å². The van der Waals surface area contributed by atoms with Crippen molar-refractivity contribution in [3.8, 4) is 0 Å². The highest BCUT2D eigenvalue weighted by molar-refractivity contribution is 5.87. The smallest absolute Gasteiger partial charge is 0.332 e. The summed E-state index contributed by atoms with van der Waals surface area (Å²) in [5.41, 5.74) is 0.547. The number of fused-ring (bicyclic) bond motifs is 1. The standard InChI is InChI=1S/C14H15N3O4/c1-14(2,3)21-13(18)6-7-16-9-15-11-5-4-10(17(19)20)8-12(11)16/h4-9H,1-3H3/b7-6+. The van der Waals surface area contributed by atoms with Gasteiger partial charge in [0.1, 0.15) is 5.60 Å². The van der Waals surface area contributed by atoms with Crippen molar-refractivity contribution < 1.29 is 14.5 Å². The van der Waals surface area contributed by atoms with E-state index in [1.807, 2.05) is 0 Å². The lowest BCUT2D eigenvalue weighted by molar-refractivity contribution is -0.384. The number of nitro groups is 1. The molecule has 110 valence electrons. The summed E-state index contributed by atoms with van der Waals surface area (Å²) in [6, 6.07) is 4.35. The third-order valence-electron chi connectivity index (χ3n) is 2.55. The molecule has 2 aromatic rings. The minimum Gasteiger partial charge on any atom is -0.457 e. The predicted octanol–water partition coefficient (Wildman–Crippen LogP) is 2.76. The lowest BCUT2D eigenvalue weighted by atomic mass is 10.2. The topological polar surface area (TPSA) is 87.3 Å². The molecule has 0 unspecified atom stereocenters. The molecule has 0 spiro atoms. The average Bonchev–Trinajstić information content (AvgIpc) is 2.76. The first kappa shape index (κ1) is 14.7. The second kappa shape index (κ2) is 5.35. The molecule has 0 fully saturated rings. The molecule has 1 heterocycles. The second-order valence-corrected chi connectivity index (χ2v) is 5.43. The van der Waals surface area contributed by atoms with Gasteiger partial charge in [0.05, 0.1) is 22.3 Å². The normalized spacial score (nSPS) is 12.0. The molecule has 0 bridgehead atoms. The van der Waals surface area contributed by atoms with Gasteiger partial charge in [-0.3, -0.25) is 10.1 Å². The summed E-state index contributed by atoms with van der Waals surface area (Å²) >= 11 is 0. The molecule has 1 aromatic carbocycles. The maximum atomic E-state index is 11.6. The zero-order chi connectivity index (χ0) is 15.6. The Bertz CT molecular complexity index is 725. The fraction of sp³-hybridized carbons (Fsp3) is 0.286. The number of carbonyl (C=O) groups is 1. The Balaban J connectivity index is 2.28. The van der Waals surface area contributed by atoms with E-state index in [4.69, 9.17) is 4.74 Å². The lowest BCUT2D eigenvalue weighted by Crippen LogP contribution is -2.22. The fourth-order valence-corrected chi connectivity index (χ4v) is 1.72. The largest absolute Gasteiger partial charge is 0.457 e. The first-order valence-electron chi connectivity index (χ1n) is 6.28. The van der Waals surface area contributed by atoms with Gasteiger partial charge >= 0.3 is 5.97 Å². The van der Waals surface area contributed by atoms with Crippen molar-refractivity contribution in [2.45, 2.75) is 26.4 Å². The summed E-state index contributed by atoms with van der Waals surface area (Å²) < 4.78 is 6.68. The number of esters is 1. The van der Waals surface area contributed by atoms with E-state index in [9.17, 15) is 14.9 Å². The first-order chi connectivity index (χ1) is 9.76. The van der Waals surface area contributed by atoms with E-state index in [0.29, 0.717) is 11.0 Å². The van der Waals surface area contributed by atoms with Gasteiger partial charge in [0.25, 0.3) is 5.69 Å².